The highest BCUT2D eigenvalue weighted by Gasteiger charge is 2.34. The predicted molar refractivity (Wildman–Crippen MR) is 43.5 cm³/mol. The maximum Gasteiger partial charge on any atom is 0.248 e. The van der Waals surface area contributed by atoms with Crippen molar-refractivity contribution < 1.29 is 15.0 Å². The molecule has 4 nitrogen and oxygen atoms in total. The first kappa shape index (κ1) is 9.48. The summed E-state index contributed by atoms with van der Waals surface area (Å²) in [4.78, 5) is 10.9. The number of amides is 1. The van der Waals surface area contributed by atoms with Crippen LogP contribution in [0.1, 0.15) is 26.2 Å². The Bertz CT molecular complexity index is 175. The molecule has 1 amide bonds. The number of carbonyl (C=O) groups is 1. The van der Waals surface area contributed by atoms with E-state index in [0.717, 1.165) is 19.3 Å². The minimum atomic E-state index is -0.992. The Labute approximate surface area is 71.6 Å². The summed E-state index contributed by atoms with van der Waals surface area (Å²) in [6.45, 7) is 1.66. The summed E-state index contributed by atoms with van der Waals surface area (Å²) in [5.41, 5.74) is -0.704. The van der Waals surface area contributed by atoms with Gasteiger partial charge in [0, 0.05) is 6.54 Å². The highest BCUT2D eigenvalue weighted by Crippen LogP contribution is 2.30. The molecule has 0 aromatic carbocycles. The van der Waals surface area contributed by atoms with Gasteiger partial charge < -0.3 is 15.5 Å². The first-order valence-corrected chi connectivity index (χ1v) is 4.22. The lowest BCUT2D eigenvalue weighted by Gasteiger charge is -2.36. The maximum atomic E-state index is 10.9. The average Bonchev–Trinajstić information content (AvgIpc) is 1.96. The molecule has 3 N–H and O–H groups in total. The molecule has 0 heterocycles. The van der Waals surface area contributed by atoms with Crippen molar-refractivity contribution in [2.45, 2.75) is 37.9 Å². The second kappa shape index (κ2) is 3.41. The van der Waals surface area contributed by atoms with E-state index in [1.165, 1.54) is 6.92 Å². The minimum absolute atomic E-state index is 0.261. The van der Waals surface area contributed by atoms with Crippen molar-refractivity contribution in [3.05, 3.63) is 0 Å². The number of carbonyl (C=O) groups excluding carboxylic acids is 1. The van der Waals surface area contributed by atoms with Crippen LogP contribution in [-0.4, -0.2) is 34.4 Å². The number of aliphatic hydroxyl groups is 2. The quantitative estimate of drug-likeness (QED) is 0.533. The largest absolute Gasteiger partial charge is 0.388 e. The number of hydrogen-bond acceptors (Lipinski definition) is 3. The molecule has 1 atom stereocenters. The normalized spacial score (nSPS) is 22.6. The number of aliphatic hydroxyl groups excluding tert-OH is 1. The minimum Gasteiger partial charge on any atom is -0.388 e. The molecule has 0 radical (unpaired) electrons. The number of rotatable bonds is 3. The SMILES string of the molecule is C[C@@H](O)C(=O)NCC1(O)CCC1. The van der Waals surface area contributed by atoms with E-state index in [1.54, 1.807) is 0 Å². The summed E-state index contributed by atoms with van der Waals surface area (Å²) in [6, 6.07) is 0. The van der Waals surface area contributed by atoms with Crippen LogP contribution in [0.25, 0.3) is 0 Å². The molecule has 1 rings (SSSR count). The van der Waals surface area contributed by atoms with Gasteiger partial charge in [0.05, 0.1) is 5.60 Å². The fraction of sp³-hybridized carbons (Fsp3) is 0.875. The molecular weight excluding hydrogens is 158 g/mol. The van der Waals surface area contributed by atoms with Crippen LogP contribution in [0, 0.1) is 0 Å². The molecule has 1 fully saturated rings. The van der Waals surface area contributed by atoms with E-state index in [2.05, 4.69) is 5.32 Å². The molecule has 70 valence electrons. The van der Waals surface area contributed by atoms with Crippen molar-refractivity contribution in [1.82, 2.24) is 5.32 Å². The van der Waals surface area contributed by atoms with Gasteiger partial charge in [-0.05, 0) is 26.2 Å². The van der Waals surface area contributed by atoms with Gasteiger partial charge in [0.15, 0.2) is 0 Å². The molecule has 0 aliphatic heterocycles. The number of nitrogens with one attached hydrogen (secondary N) is 1. The first-order valence-electron chi connectivity index (χ1n) is 4.22. The zero-order chi connectivity index (χ0) is 9.19. The second-order valence-electron chi connectivity index (χ2n) is 3.47. The van der Waals surface area contributed by atoms with Crippen molar-refractivity contribution in [2.24, 2.45) is 0 Å². The van der Waals surface area contributed by atoms with E-state index in [4.69, 9.17) is 5.11 Å². The standard InChI is InChI=1S/C8H15NO3/c1-6(10)7(11)9-5-8(12)3-2-4-8/h6,10,12H,2-5H2,1H3,(H,9,11)/t6-/m1/s1. The Kier molecular flexibility index (Phi) is 2.69. The lowest BCUT2D eigenvalue weighted by atomic mass is 9.80. The third-order valence-electron chi connectivity index (χ3n) is 2.26. The Morgan fingerprint density at radius 2 is 2.25 bits per heavy atom. The van der Waals surface area contributed by atoms with Crippen molar-refractivity contribution >= 4 is 5.91 Å². The van der Waals surface area contributed by atoms with Crippen LogP contribution in [0.5, 0.6) is 0 Å². The molecule has 0 aromatic rings. The molecule has 1 aliphatic rings. The zero-order valence-electron chi connectivity index (χ0n) is 7.21. The molecule has 4 heteroatoms. The van der Waals surface area contributed by atoms with E-state index in [9.17, 15) is 9.90 Å². The van der Waals surface area contributed by atoms with Gasteiger partial charge >= 0.3 is 0 Å². The molecule has 12 heavy (non-hydrogen) atoms. The molecular formula is C8H15NO3. The van der Waals surface area contributed by atoms with E-state index in [1.807, 2.05) is 0 Å². The highest BCUT2D eigenvalue weighted by molar-refractivity contribution is 5.80. The van der Waals surface area contributed by atoms with Crippen LogP contribution < -0.4 is 5.32 Å². The summed E-state index contributed by atoms with van der Waals surface area (Å²) in [7, 11) is 0. The molecule has 0 bridgehead atoms. The Hall–Kier alpha value is -0.610. The van der Waals surface area contributed by atoms with E-state index in [-0.39, 0.29) is 6.54 Å². The van der Waals surface area contributed by atoms with Gasteiger partial charge in [-0.25, -0.2) is 0 Å². The van der Waals surface area contributed by atoms with Crippen molar-refractivity contribution in [3.8, 4) is 0 Å². The summed E-state index contributed by atoms with van der Waals surface area (Å²) < 4.78 is 0. The fourth-order valence-electron chi connectivity index (χ4n) is 1.16. The summed E-state index contributed by atoms with van der Waals surface area (Å²) in [5.74, 6) is -0.421. The summed E-state index contributed by atoms with van der Waals surface area (Å²) in [6.07, 6.45) is 1.51. The maximum absolute atomic E-state index is 10.9. The lowest BCUT2D eigenvalue weighted by Crippen LogP contribution is -2.49. The lowest BCUT2D eigenvalue weighted by molar-refractivity contribution is -0.130. The molecule has 0 aromatic heterocycles. The van der Waals surface area contributed by atoms with Crippen molar-refractivity contribution in [2.75, 3.05) is 6.54 Å². The van der Waals surface area contributed by atoms with Crippen LogP contribution in [0.2, 0.25) is 0 Å². The highest BCUT2D eigenvalue weighted by atomic mass is 16.3. The summed E-state index contributed by atoms with van der Waals surface area (Å²) in [5, 5.41) is 20.8. The molecule has 1 aliphatic carbocycles. The van der Waals surface area contributed by atoms with Crippen LogP contribution in [-0.2, 0) is 4.79 Å². The third kappa shape index (κ3) is 2.19. The van der Waals surface area contributed by atoms with Gasteiger partial charge in [0.1, 0.15) is 6.10 Å². The molecule has 0 unspecified atom stereocenters. The Balaban J connectivity index is 2.21. The van der Waals surface area contributed by atoms with Gasteiger partial charge in [-0.3, -0.25) is 4.79 Å². The predicted octanol–water partition coefficient (Wildman–Crippen LogP) is -0.602. The fourth-order valence-corrected chi connectivity index (χ4v) is 1.16. The smallest absolute Gasteiger partial charge is 0.248 e. The van der Waals surface area contributed by atoms with E-state index in [0.29, 0.717) is 0 Å². The third-order valence-corrected chi connectivity index (χ3v) is 2.26. The van der Waals surface area contributed by atoms with Gasteiger partial charge in [0.25, 0.3) is 0 Å². The monoisotopic (exact) mass is 173 g/mol. The summed E-state index contributed by atoms with van der Waals surface area (Å²) >= 11 is 0. The van der Waals surface area contributed by atoms with E-state index >= 15 is 0 Å². The van der Waals surface area contributed by atoms with Crippen LogP contribution >= 0.6 is 0 Å². The molecule has 0 spiro atoms. The van der Waals surface area contributed by atoms with Crippen LogP contribution in [0.4, 0.5) is 0 Å². The zero-order valence-corrected chi connectivity index (χ0v) is 7.21. The average molecular weight is 173 g/mol. The van der Waals surface area contributed by atoms with Gasteiger partial charge in [-0.15, -0.1) is 0 Å². The number of hydrogen-bond donors (Lipinski definition) is 3. The van der Waals surface area contributed by atoms with Gasteiger partial charge in [-0.1, -0.05) is 0 Å². The van der Waals surface area contributed by atoms with Gasteiger partial charge in [0.2, 0.25) is 5.91 Å². The second-order valence-corrected chi connectivity index (χ2v) is 3.47. The molecule has 1 saturated carbocycles. The Morgan fingerprint density at radius 1 is 1.67 bits per heavy atom. The van der Waals surface area contributed by atoms with E-state index < -0.39 is 17.6 Å². The van der Waals surface area contributed by atoms with Crippen LogP contribution in [0.15, 0.2) is 0 Å². The first-order chi connectivity index (χ1) is 5.53. The van der Waals surface area contributed by atoms with Crippen molar-refractivity contribution in [3.63, 3.8) is 0 Å². The molecule has 0 saturated heterocycles. The topological polar surface area (TPSA) is 69.6 Å². The Morgan fingerprint density at radius 3 is 2.58 bits per heavy atom. The van der Waals surface area contributed by atoms with Gasteiger partial charge in [-0.2, -0.15) is 0 Å². The van der Waals surface area contributed by atoms with Crippen molar-refractivity contribution in [1.29, 1.82) is 0 Å². The van der Waals surface area contributed by atoms with Crippen LogP contribution in [0.3, 0.4) is 0 Å².